The number of benzene rings is 3. The molecule has 0 fully saturated rings. The molecule has 5 heteroatoms. The minimum absolute atomic E-state index is 0.148. The number of hydrogen-bond donors (Lipinski definition) is 1. The Hall–Kier alpha value is -2.79. The fraction of sp³-hybridized carbons (Fsp3) is 0.333. The van der Waals surface area contributed by atoms with Gasteiger partial charge in [0.05, 0.1) is 0 Å². The van der Waals surface area contributed by atoms with Gasteiger partial charge in [0.2, 0.25) is 0 Å². The Morgan fingerprint density at radius 2 is 1.38 bits per heavy atom. The first-order valence-electron chi connectivity index (χ1n) is 10.9. The predicted octanol–water partition coefficient (Wildman–Crippen LogP) is 7.18. The Morgan fingerprint density at radius 3 is 2.00 bits per heavy atom. The van der Waals surface area contributed by atoms with E-state index in [-0.39, 0.29) is 16.6 Å². The summed E-state index contributed by atoms with van der Waals surface area (Å²) in [5.74, 6) is 0.233. The summed E-state index contributed by atoms with van der Waals surface area (Å²) in [4.78, 5) is 3.85. The highest BCUT2D eigenvalue weighted by Crippen LogP contribution is 2.36. The second kappa shape index (κ2) is 7.96. The summed E-state index contributed by atoms with van der Waals surface area (Å²) in [7, 11) is 0. The fourth-order valence-electron chi connectivity index (χ4n) is 3.71. The van der Waals surface area contributed by atoms with Crippen molar-refractivity contribution in [3.8, 4) is 11.4 Å². The number of fused-ring (bicyclic) bond motifs is 1. The molecule has 32 heavy (non-hydrogen) atoms. The van der Waals surface area contributed by atoms with Crippen LogP contribution in [0.2, 0.25) is 0 Å². The molecule has 4 aromatic rings. The highest BCUT2D eigenvalue weighted by molar-refractivity contribution is 7.99. The monoisotopic (exact) mass is 445 g/mol. The Labute approximate surface area is 194 Å². The zero-order valence-electron chi connectivity index (χ0n) is 19.9. The molecule has 0 radical (unpaired) electrons. The lowest BCUT2D eigenvalue weighted by Gasteiger charge is -2.22. The van der Waals surface area contributed by atoms with E-state index in [0.717, 1.165) is 27.1 Å². The summed E-state index contributed by atoms with van der Waals surface area (Å²) in [5.41, 5.74) is 5.47. The molecule has 0 spiro atoms. The molecule has 0 atom stereocenters. The Kier molecular flexibility index (Phi) is 5.58. The van der Waals surface area contributed by atoms with E-state index in [9.17, 15) is 5.11 Å². The van der Waals surface area contributed by atoms with Gasteiger partial charge < -0.3 is 5.11 Å². The van der Waals surface area contributed by atoms with Gasteiger partial charge in [0.1, 0.15) is 22.5 Å². The first kappa shape index (κ1) is 22.4. The molecule has 0 saturated heterocycles. The maximum Gasteiger partial charge on any atom is 0.146 e. The van der Waals surface area contributed by atoms with Crippen LogP contribution in [0.5, 0.6) is 5.75 Å². The number of nitrogens with zero attached hydrogens (tertiary/aromatic N) is 3. The van der Waals surface area contributed by atoms with E-state index in [1.54, 1.807) is 16.6 Å². The maximum atomic E-state index is 11.0. The number of phenols is 1. The van der Waals surface area contributed by atoms with Gasteiger partial charge in [0, 0.05) is 15.4 Å². The molecule has 166 valence electrons. The van der Waals surface area contributed by atoms with Crippen LogP contribution in [0.3, 0.4) is 0 Å². The zero-order valence-corrected chi connectivity index (χ0v) is 20.7. The lowest BCUT2D eigenvalue weighted by Crippen LogP contribution is -2.13. The lowest BCUT2D eigenvalue weighted by atomic mass is 9.85. The molecule has 3 aromatic carbocycles. The Morgan fingerprint density at radius 1 is 0.750 bits per heavy atom. The van der Waals surface area contributed by atoms with Gasteiger partial charge in [-0.25, -0.2) is 0 Å². The first-order chi connectivity index (χ1) is 14.9. The second-order valence-corrected chi connectivity index (χ2v) is 11.6. The van der Waals surface area contributed by atoms with Crippen LogP contribution in [0, 0.1) is 6.92 Å². The van der Waals surface area contributed by atoms with Crippen molar-refractivity contribution in [1.29, 1.82) is 0 Å². The summed E-state index contributed by atoms with van der Waals surface area (Å²) in [6.07, 6.45) is 0. The van der Waals surface area contributed by atoms with Crippen LogP contribution in [0.1, 0.15) is 58.2 Å². The van der Waals surface area contributed by atoms with E-state index in [1.165, 1.54) is 10.5 Å². The van der Waals surface area contributed by atoms with Gasteiger partial charge in [-0.05, 0) is 65.3 Å². The molecule has 0 aliphatic heterocycles. The number of phenolic OH excluding ortho intramolecular Hbond substituents is 1. The van der Waals surface area contributed by atoms with Crippen molar-refractivity contribution in [2.45, 2.75) is 69.1 Å². The molecule has 0 saturated carbocycles. The molecule has 0 amide bonds. The molecule has 1 aromatic heterocycles. The molecular weight excluding hydrogens is 414 g/mol. The Bertz CT molecular complexity index is 1280. The van der Waals surface area contributed by atoms with E-state index in [1.807, 2.05) is 25.1 Å². The van der Waals surface area contributed by atoms with Crippen LogP contribution in [-0.4, -0.2) is 20.1 Å². The number of aryl methyl sites for hydroxylation is 1. The molecule has 1 N–H and O–H groups in total. The van der Waals surface area contributed by atoms with Crippen molar-refractivity contribution in [2.75, 3.05) is 0 Å². The van der Waals surface area contributed by atoms with E-state index in [0.29, 0.717) is 5.69 Å². The number of hydrogen-bond acceptors (Lipinski definition) is 4. The van der Waals surface area contributed by atoms with Gasteiger partial charge in [-0.15, -0.1) is 15.0 Å². The van der Waals surface area contributed by atoms with Gasteiger partial charge >= 0.3 is 0 Å². The molecule has 4 rings (SSSR count). The number of aromatic nitrogens is 3. The largest absolute Gasteiger partial charge is 0.505 e. The third kappa shape index (κ3) is 4.53. The molecule has 1 heterocycles. The smallest absolute Gasteiger partial charge is 0.146 e. The zero-order chi connectivity index (χ0) is 23.3. The second-order valence-electron chi connectivity index (χ2n) is 10.4. The topological polar surface area (TPSA) is 50.9 Å². The van der Waals surface area contributed by atoms with Crippen molar-refractivity contribution in [2.24, 2.45) is 0 Å². The van der Waals surface area contributed by atoms with E-state index in [4.69, 9.17) is 0 Å². The Balaban J connectivity index is 1.67. The lowest BCUT2D eigenvalue weighted by molar-refractivity contribution is 0.440. The predicted molar refractivity (Wildman–Crippen MR) is 133 cm³/mol. The number of rotatable bonds is 3. The van der Waals surface area contributed by atoms with Crippen molar-refractivity contribution in [3.05, 3.63) is 71.3 Å². The molecular formula is C27H31N3OS. The van der Waals surface area contributed by atoms with Crippen LogP contribution in [0.4, 0.5) is 0 Å². The summed E-state index contributed by atoms with van der Waals surface area (Å²) >= 11 is 1.71. The highest BCUT2D eigenvalue weighted by Gasteiger charge is 2.22. The molecule has 0 unspecified atom stereocenters. The number of aromatic hydroxyl groups is 1. The highest BCUT2D eigenvalue weighted by atomic mass is 32.2. The minimum Gasteiger partial charge on any atom is -0.505 e. The van der Waals surface area contributed by atoms with E-state index < -0.39 is 0 Å². The van der Waals surface area contributed by atoms with E-state index in [2.05, 4.69) is 88.1 Å². The van der Waals surface area contributed by atoms with Crippen molar-refractivity contribution in [3.63, 3.8) is 0 Å². The summed E-state index contributed by atoms with van der Waals surface area (Å²) in [5, 5.41) is 20.3. The molecule has 0 bridgehead atoms. The summed E-state index contributed by atoms with van der Waals surface area (Å²) in [6.45, 7) is 15.0. The molecule has 0 aliphatic rings. The summed E-state index contributed by atoms with van der Waals surface area (Å²) in [6, 6.07) is 18.8. The molecule has 0 aliphatic carbocycles. The minimum atomic E-state index is -0.177. The van der Waals surface area contributed by atoms with Crippen LogP contribution >= 0.6 is 11.8 Å². The van der Waals surface area contributed by atoms with Crippen molar-refractivity contribution >= 4 is 22.8 Å². The fourth-order valence-corrected chi connectivity index (χ4v) is 4.56. The van der Waals surface area contributed by atoms with Gasteiger partial charge in [0.15, 0.2) is 0 Å². The molecule has 4 nitrogen and oxygen atoms in total. The average Bonchev–Trinajstić information content (AvgIpc) is 3.11. The van der Waals surface area contributed by atoms with Gasteiger partial charge in [-0.3, -0.25) is 0 Å². The normalized spacial score (nSPS) is 12.5. The van der Waals surface area contributed by atoms with Crippen LogP contribution < -0.4 is 0 Å². The maximum absolute atomic E-state index is 11.0. The van der Waals surface area contributed by atoms with Crippen molar-refractivity contribution in [1.82, 2.24) is 15.0 Å². The third-order valence-corrected chi connectivity index (χ3v) is 6.56. The first-order valence-corrected chi connectivity index (χ1v) is 11.7. The summed E-state index contributed by atoms with van der Waals surface area (Å²) < 4.78 is 0. The quantitative estimate of drug-likeness (QED) is 0.363. The third-order valence-electron chi connectivity index (χ3n) is 5.57. The van der Waals surface area contributed by atoms with Gasteiger partial charge in [0.25, 0.3) is 0 Å². The van der Waals surface area contributed by atoms with Crippen LogP contribution in [0.15, 0.2) is 64.4 Å². The standard InChI is InChI=1S/C27H31N3OS/c1-17-14-21(27(5,6)7)25(31)24(15-17)30-28-22-13-12-20(16-23(22)29-30)32-19-10-8-18(9-11-19)26(2,3)4/h8-16,31H,1-7H3. The van der Waals surface area contributed by atoms with Crippen LogP contribution in [0.25, 0.3) is 16.7 Å². The van der Waals surface area contributed by atoms with Crippen molar-refractivity contribution < 1.29 is 5.11 Å². The van der Waals surface area contributed by atoms with E-state index >= 15 is 0 Å². The van der Waals surface area contributed by atoms with Gasteiger partial charge in [-0.1, -0.05) is 71.5 Å². The average molecular weight is 446 g/mol. The van der Waals surface area contributed by atoms with Crippen LogP contribution in [-0.2, 0) is 10.8 Å². The SMILES string of the molecule is Cc1cc(-n2nc3ccc(Sc4ccc(C(C)(C)C)cc4)cc3n2)c(O)c(C(C)(C)C)c1. The van der Waals surface area contributed by atoms with Gasteiger partial charge in [-0.2, -0.15) is 0 Å².